The van der Waals surface area contributed by atoms with Crippen LogP contribution in [-0.2, 0) is 11.2 Å². The van der Waals surface area contributed by atoms with E-state index in [1.165, 1.54) is 36.1 Å². The Balaban J connectivity index is 1.88. The number of benzene rings is 2. The van der Waals surface area contributed by atoms with Crippen LogP contribution in [0.2, 0.25) is 0 Å². The highest BCUT2D eigenvalue weighted by atomic mass is 16.6. The van der Waals surface area contributed by atoms with E-state index in [2.05, 4.69) is 0 Å². The minimum absolute atomic E-state index is 0.0233. The molecule has 2 aromatic carbocycles. The summed E-state index contributed by atoms with van der Waals surface area (Å²) >= 11 is 0. The maximum Gasteiger partial charge on any atom is 0.271 e. The molecule has 8 nitrogen and oxygen atoms in total. The molecule has 126 valence electrons. The second-order valence-electron chi connectivity index (χ2n) is 6.28. The summed E-state index contributed by atoms with van der Waals surface area (Å²) in [5, 5.41) is 22.2. The van der Waals surface area contributed by atoms with Crippen molar-refractivity contribution in [2.24, 2.45) is 0 Å². The van der Waals surface area contributed by atoms with Crippen LogP contribution in [0.5, 0.6) is 0 Å². The van der Waals surface area contributed by atoms with Gasteiger partial charge >= 0.3 is 0 Å². The Morgan fingerprint density at radius 1 is 1.04 bits per heavy atom. The van der Waals surface area contributed by atoms with Crippen molar-refractivity contribution in [2.75, 3.05) is 4.90 Å². The average molecular weight is 339 g/mol. The highest BCUT2D eigenvalue weighted by Gasteiger charge is 2.47. The minimum Gasteiger partial charge on any atom is -0.304 e. The normalized spacial score (nSPS) is 20.0. The first-order valence-electron chi connectivity index (χ1n) is 7.74. The van der Waals surface area contributed by atoms with Crippen LogP contribution < -0.4 is 4.90 Å². The minimum atomic E-state index is -0.495. The zero-order valence-corrected chi connectivity index (χ0v) is 13.2. The van der Waals surface area contributed by atoms with Gasteiger partial charge in [0.1, 0.15) is 0 Å². The molecule has 0 spiro atoms. The Hall–Kier alpha value is -3.29. The number of amides is 1. The molecule has 0 radical (unpaired) electrons. The number of carbonyl (C=O) groups is 1. The van der Waals surface area contributed by atoms with Crippen LogP contribution >= 0.6 is 0 Å². The standard InChI is InChI=1S/C17H13N3O5/c1-9(21)18-16-8-12(20(24)25)4-5-13(16)15-6-10-2-3-11(19(22)23)7-14(10)17(15)18/h2-5,7-8,15,17H,6H2,1H3/t15-,17-/m0/s1. The maximum absolute atomic E-state index is 12.3. The quantitative estimate of drug-likeness (QED) is 0.616. The Labute approximate surface area is 142 Å². The van der Waals surface area contributed by atoms with Gasteiger partial charge in [-0.15, -0.1) is 0 Å². The van der Waals surface area contributed by atoms with Crippen molar-refractivity contribution in [3.63, 3.8) is 0 Å². The highest BCUT2D eigenvalue weighted by molar-refractivity contribution is 5.96. The van der Waals surface area contributed by atoms with Gasteiger partial charge in [0.15, 0.2) is 0 Å². The molecule has 2 atom stereocenters. The summed E-state index contributed by atoms with van der Waals surface area (Å²) in [6.07, 6.45) is 0.645. The number of anilines is 1. The molecule has 2 aromatic rings. The van der Waals surface area contributed by atoms with Crippen LogP contribution in [0, 0.1) is 20.2 Å². The van der Waals surface area contributed by atoms with Gasteiger partial charge in [-0.25, -0.2) is 0 Å². The average Bonchev–Trinajstić information content (AvgIpc) is 3.07. The monoisotopic (exact) mass is 339 g/mol. The Bertz CT molecular complexity index is 955. The van der Waals surface area contributed by atoms with E-state index in [9.17, 15) is 25.0 Å². The number of hydrogen-bond acceptors (Lipinski definition) is 5. The summed E-state index contributed by atoms with van der Waals surface area (Å²) in [6.45, 7) is 1.40. The van der Waals surface area contributed by atoms with Crippen LogP contribution in [0.15, 0.2) is 36.4 Å². The van der Waals surface area contributed by atoms with Gasteiger partial charge in [-0.2, -0.15) is 0 Å². The fraction of sp³-hybridized carbons (Fsp3) is 0.235. The van der Waals surface area contributed by atoms with Crippen LogP contribution in [0.4, 0.5) is 17.1 Å². The third kappa shape index (κ3) is 2.10. The predicted octanol–water partition coefficient (Wildman–Crippen LogP) is 3.25. The second-order valence-corrected chi connectivity index (χ2v) is 6.28. The lowest BCUT2D eigenvalue weighted by Gasteiger charge is -2.24. The molecular weight excluding hydrogens is 326 g/mol. The zero-order valence-electron chi connectivity index (χ0n) is 13.2. The van der Waals surface area contributed by atoms with Gasteiger partial charge in [0, 0.05) is 37.1 Å². The molecule has 2 aliphatic rings. The van der Waals surface area contributed by atoms with E-state index in [1.54, 1.807) is 12.1 Å². The van der Waals surface area contributed by atoms with E-state index in [0.717, 1.165) is 16.7 Å². The molecule has 1 heterocycles. The van der Waals surface area contributed by atoms with Gasteiger partial charge in [0.05, 0.1) is 21.6 Å². The number of hydrogen-bond donors (Lipinski definition) is 0. The molecule has 1 amide bonds. The number of non-ortho nitro benzene ring substituents is 2. The molecule has 8 heteroatoms. The van der Waals surface area contributed by atoms with Gasteiger partial charge in [-0.05, 0) is 29.2 Å². The molecule has 1 aliphatic heterocycles. The lowest BCUT2D eigenvalue weighted by molar-refractivity contribution is -0.385. The largest absolute Gasteiger partial charge is 0.304 e. The first kappa shape index (κ1) is 15.3. The van der Waals surface area contributed by atoms with Crippen molar-refractivity contribution in [2.45, 2.75) is 25.3 Å². The van der Waals surface area contributed by atoms with Crippen molar-refractivity contribution in [3.05, 3.63) is 73.3 Å². The third-order valence-electron chi connectivity index (χ3n) is 4.98. The number of fused-ring (bicyclic) bond motifs is 5. The van der Waals surface area contributed by atoms with Crippen LogP contribution in [0.25, 0.3) is 0 Å². The Kier molecular flexibility index (Phi) is 3.11. The van der Waals surface area contributed by atoms with E-state index in [1.807, 2.05) is 0 Å². The summed E-state index contributed by atoms with van der Waals surface area (Å²) in [4.78, 5) is 35.0. The van der Waals surface area contributed by atoms with Crippen LogP contribution in [0.1, 0.15) is 35.6 Å². The lowest BCUT2D eigenvalue weighted by Crippen LogP contribution is -2.29. The Morgan fingerprint density at radius 3 is 2.32 bits per heavy atom. The number of nitro groups is 2. The smallest absolute Gasteiger partial charge is 0.271 e. The first-order chi connectivity index (χ1) is 11.9. The van der Waals surface area contributed by atoms with E-state index >= 15 is 0 Å². The summed E-state index contributed by atoms with van der Waals surface area (Å²) in [5.74, 6) is -0.287. The predicted molar refractivity (Wildman–Crippen MR) is 88.5 cm³/mol. The molecular formula is C17H13N3O5. The van der Waals surface area contributed by atoms with Gasteiger partial charge in [0.2, 0.25) is 5.91 Å². The SMILES string of the molecule is CC(=O)N1c2cc([N+](=O)[O-])ccc2[C@@H]2Cc3ccc([N+](=O)[O-])cc3[C@@H]21. The lowest BCUT2D eigenvalue weighted by atomic mass is 9.95. The number of nitrogens with zero attached hydrogens (tertiary/aromatic N) is 3. The summed E-state index contributed by atoms with van der Waals surface area (Å²) in [6, 6.07) is 8.88. The molecule has 0 unspecified atom stereocenters. The Morgan fingerprint density at radius 2 is 1.68 bits per heavy atom. The first-order valence-corrected chi connectivity index (χ1v) is 7.74. The van der Waals surface area contributed by atoms with Crippen LogP contribution in [-0.4, -0.2) is 15.8 Å². The molecule has 0 aromatic heterocycles. The van der Waals surface area contributed by atoms with Crippen molar-refractivity contribution < 1.29 is 14.6 Å². The van der Waals surface area contributed by atoms with Crippen LogP contribution in [0.3, 0.4) is 0 Å². The van der Waals surface area contributed by atoms with Crippen molar-refractivity contribution >= 4 is 23.0 Å². The van der Waals surface area contributed by atoms with Gasteiger partial charge < -0.3 is 4.90 Å². The molecule has 0 saturated heterocycles. The van der Waals surface area contributed by atoms with E-state index < -0.39 is 9.85 Å². The second kappa shape index (κ2) is 5.10. The number of nitro benzene ring substituents is 2. The van der Waals surface area contributed by atoms with E-state index in [4.69, 9.17) is 0 Å². The van der Waals surface area contributed by atoms with Crippen molar-refractivity contribution in [1.29, 1.82) is 0 Å². The summed E-state index contributed by atoms with van der Waals surface area (Å²) < 4.78 is 0. The maximum atomic E-state index is 12.3. The third-order valence-corrected chi connectivity index (χ3v) is 4.98. The topological polar surface area (TPSA) is 107 Å². The van der Waals surface area contributed by atoms with Crippen molar-refractivity contribution in [1.82, 2.24) is 0 Å². The molecule has 25 heavy (non-hydrogen) atoms. The molecule has 4 rings (SSSR count). The summed E-state index contributed by atoms with van der Waals surface area (Å²) in [7, 11) is 0. The molecule has 0 saturated carbocycles. The highest BCUT2D eigenvalue weighted by Crippen LogP contribution is 2.56. The fourth-order valence-corrected chi connectivity index (χ4v) is 4.00. The molecule has 0 fully saturated rings. The van der Waals surface area contributed by atoms with Crippen molar-refractivity contribution in [3.8, 4) is 0 Å². The molecule has 0 bridgehead atoms. The van der Waals surface area contributed by atoms with Gasteiger partial charge in [0.25, 0.3) is 11.4 Å². The van der Waals surface area contributed by atoms with Gasteiger partial charge in [-0.1, -0.05) is 6.07 Å². The molecule has 1 aliphatic carbocycles. The van der Waals surface area contributed by atoms with Gasteiger partial charge in [-0.3, -0.25) is 25.0 Å². The fourth-order valence-electron chi connectivity index (χ4n) is 4.00. The molecule has 0 N–H and O–H groups in total. The zero-order chi connectivity index (χ0) is 17.9. The van der Waals surface area contributed by atoms with E-state index in [0.29, 0.717) is 12.1 Å². The van der Waals surface area contributed by atoms with E-state index in [-0.39, 0.29) is 29.2 Å². The summed E-state index contributed by atoms with van der Waals surface area (Å²) in [5.41, 5.74) is 3.00. The number of carbonyl (C=O) groups excluding carboxylic acids is 1. The number of rotatable bonds is 2.